The summed E-state index contributed by atoms with van der Waals surface area (Å²) in [5.74, 6) is 1.53. The van der Waals surface area contributed by atoms with E-state index in [4.69, 9.17) is 22.1 Å². The second kappa shape index (κ2) is 9.81. The van der Waals surface area contributed by atoms with E-state index in [9.17, 15) is 4.79 Å². The number of Topliss-reactive ketones (excluding diaryl/α,β-unsaturated/α-hetero) is 1. The van der Waals surface area contributed by atoms with Crippen molar-refractivity contribution in [3.8, 4) is 11.3 Å². The lowest BCUT2D eigenvalue weighted by molar-refractivity contribution is -0.122. The molecule has 1 saturated carbocycles. The number of carbonyl (C=O) groups is 1. The van der Waals surface area contributed by atoms with Crippen LogP contribution in [0.5, 0.6) is 0 Å². The standard InChI is InChI=1S/C22H28ClN5O2/c23-19-11-26-17(9-21(29)15-1-2-16(24)7-15)8-18(19)20-12-25-13-22(28-20)27-10-14-3-5-30-6-4-14/h8,11-16H,1-7,9-10,24H2,(H,27,28)/t15-,16+/m0/s1. The summed E-state index contributed by atoms with van der Waals surface area (Å²) in [6, 6.07) is 1.99. The average molecular weight is 430 g/mol. The molecule has 0 aromatic carbocycles. The fourth-order valence-corrected chi connectivity index (χ4v) is 4.39. The van der Waals surface area contributed by atoms with E-state index < -0.39 is 0 Å². The van der Waals surface area contributed by atoms with Crippen LogP contribution in [0.1, 0.15) is 37.8 Å². The van der Waals surface area contributed by atoms with Crippen LogP contribution in [-0.2, 0) is 16.0 Å². The van der Waals surface area contributed by atoms with Gasteiger partial charge in [-0.05, 0) is 44.1 Å². The van der Waals surface area contributed by atoms with Crippen molar-refractivity contribution >= 4 is 23.2 Å². The van der Waals surface area contributed by atoms with Crippen molar-refractivity contribution in [2.75, 3.05) is 25.1 Å². The van der Waals surface area contributed by atoms with Crippen molar-refractivity contribution in [2.24, 2.45) is 17.6 Å². The first kappa shape index (κ1) is 21.2. The fourth-order valence-electron chi connectivity index (χ4n) is 4.19. The lowest BCUT2D eigenvalue weighted by Gasteiger charge is -2.22. The van der Waals surface area contributed by atoms with Gasteiger partial charge in [-0.15, -0.1) is 0 Å². The Morgan fingerprint density at radius 2 is 2.03 bits per heavy atom. The molecule has 2 aromatic heterocycles. The minimum Gasteiger partial charge on any atom is -0.381 e. The predicted molar refractivity (Wildman–Crippen MR) is 116 cm³/mol. The molecule has 2 fully saturated rings. The molecule has 1 aliphatic heterocycles. The Bertz CT molecular complexity index is 888. The third kappa shape index (κ3) is 5.33. The van der Waals surface area contributed by atoms with Crippen LogP contribution in [0.2, 0.25) is 5.02 Å². The number of ether oxygens (including phenoxy) is 1. The van der Waals surface area contributed by atoms with Crippen LogP contribution in [-0.4, -0.2) is 46.5 Å². The van der Waals surface area contributed by atoms with E-state index in [1.54, 1.807) is 18.6 Å². The lowest BCUT2D eigenvalue weighted by atomic mass is 9.97. The predicted octanol–water partition coefficient (Wildman–Crippen LogP) is 3.27. The molecule has 4 rings (SSSR count). The number of nitrogens with zero attached hydrogens (tertiary/aromatic N) is 3. The summed E-state index contributed by atoms with van der Waals surface area (Å²) in [7, 11) is 0. The molecular formula is C22H28ClN5O2. The van der Waals surface area contributed by atoms with Crippen LogP contribution < -0.4 is 11.1 Å². The number of rotatable bonds is 7. The third-order valence-electron chi connectivity index (χ3n) is 6.02. The molecule has 0 bridgehead atoms. The summed E-state index contributed by atoms with van der Waals surface area (Å²) < 4.78 is 5.41. The van der Waals surface area contributed by atoms with Crippen molar-refractivity contribution in [1.82, 2.24) is 15.0 Å². The second-order valence-electron chi connectivity index (χ2n) is 8.29. The maximum atomic E-state index is 12.6. The van der Waals surface area contributed by atoms with Gasteiger partial charge >= 0.3 is 0 Å². The molecule has 8 heteroatoms. The van der Waals surface area contributed by atoms with Crippen molar-refractivity contribution in [3.05, 3.63) is 35.4 Å². The number of anilines is 1. The molecule has 1 aliphatic carbocycles. The summed E-state index contributed by atoms with van der Waals surface area (Å²) >= 11 is 6.40. The molecule has 2 atom stereocenters. The van der Waals surface area contributed by atoms with Crippen molar-refractivity contribution in [1.29, 1.82) is 0 Å². The molecular weight excluding hydrogens is 402 g/mol. The minimum absolute atomic E-state index is 0.0402. The molecule has 0 radical (unpaired) electrons. The van der Waals surface area contributed by atoms with E-state index in [-0.39, 0.29) is 24.2 Å². The third-order valence-corrected chi connectivity index (χ3v) is 6.32. The Kier molecular flexibility index (Phi) is 6.92. The van der Waals surface area contributed by atoms with Crippen LogP contribution in [0.4, 0.5) is 5.82 Å². The number of pyridine rings is 1. The first-order valence-corrected chi connectivity index (χ1v) is 11.0. The zero-order chi connectivity index (χ0) is 20.9. The Hall–Kier alpha value is -2.09. The Labute approximate surface area is 181 Å². The Balaban J connectivity index is 1.45. The van der Waals surface area contributed by atoms with Gasteiger partial charge in [-0.25, -0.2) is 4.98 Å². The molecule has 0 amide bonds. The summed E-state index contributed by atoms with van der Waals surface area (Å²) in [6.45, 7) is 2.48. The fraction of sp³-hybridized carbons (Fsp3) is 0.545. The topological polar surface area (TPSA) is 103 Å². The smallest absolute Gasteiger partial charge is 0.145 e. The highest BCUT2D eigenvalue weighted by atomic mass is 35.5. The van der Waals surface area contributed by atoms with Crippen LogP contribution in [0, 0.1) is 11.8 Å². The quantitative estimate of drug-likeness (QED) is 0.696. The molecule has 160 valence electrons. The van der Waals surface area contributed by atoms with Crippen LogP contribution in [0.15, 0.2) is 24.7 Å². The van der Waals surface area contributed by atoms with Gasteiger partial charge < -0.3 is 15.8 Å². The largest absolute Gasteiger partial charge is 0.381 e. The zero-order valence-electron chi connectivity index (χ0n) is 17.0. The Morgan fingerprint density at radius 1 is 1.20 bits per heavy atom. The highest BCUT2D eigenvalue weighted by Gasteiger charge is 2.28. The second-order valence-corrected chi connectivity index (χ2v) is 8.70. The first-order valence-electron chi connectivity index (χ1n) is 10.6. The number of hydrogen-bond donors (Lipinski definition) is 2. The van der Waals surface area contributed by atoms with Gasteiger partial charge in [0.1, 0.15) is 11.6 Å². The van der Waals surface area contributed by atoms with Crippen molar-refractivity contribution < 1.29 is 9.53 Å². The molecule has 1 saturated heterocycles. The number of aromatic nitrogens is 3. The normalized spacial score (nSPS) is 22.2. The molecule has 2 aromatic rings. The van der Waals surface area contributed by atoms with Gasteiger partial charge in [0.25, 0.3) is 0 Å². The highest BCUT2D eigenvalue weighted by Crippen LogP contribution is 2.29. The van der Waals surface area contributed by atoms with Gasteiger partial charge in [-0.1, -0.05) is 11.6 Å². The summed E-state index contributed by atoms with van der Waals surface area (Å²) in [5.41, 5.74) is 8.05. The van der Waals surface area contributed by atoms with Crippen LogP contribution >= 0.6 is 11.6 Å². The first-order chi connectivity index (χ1) is 14.6. The average Bonchev–Trinajstić information content (AvgIpc) is 3.21. The lowest BCUT2D eigenvalue weighted by Crippen LogP contribution is -2.23. The van der Waals surface area contributed by atoms with E-state index in [0.29, 0.717) is 28.1 Å². The van der Waals surface area contributed by atoms with Crippen molar-refractivity contribution in [2.45, 2.75) is 44.6 Å². The summed E-state index contributed by atoms with van der Waals surface area (Å²) in [4.78, 5) is 26.0. The number of nitrogens with two attached hydrogens (primary N) is 1. The SMILES string of the molecule is N[C@@H]1CC[C@H](C(=O)Cc2cc(-c3cncc(NCC4CCOCC4)n3)c(Cl)cn2)C1. The zero-order valence-corrected chi connectivity index (χ0v) is 17.8. The molecule has 2 aliphatic rings. The number of halogens is 1. The molecule has 0 spiro atoms. The Morgan fingerprint density at radius 3 is 2.80 bits per heavy atom. The van der Waals surface area contributed by atoms with Gasteiger partial charge in [0.15, 0.2) is 0 Å². The van der Waals surface area contributed by atoms with E-state index in [0.717, 1.165) is 57.4 Å². The maximum absolute atomic E-state index is 12.6. The molecule has 7 nitrogen and oxygen atoms in total. The van der Waals surface area contributed by atoms with E-state index in [1.165, 1.54) is 0 Å². The minimum atomic E-state index is 0.0402. The number of carbonyl (C=O) groups excluding carboxylic acids is 1. The molecule has 3 N–H and O–H groups in total. The van der Waals surface area contributed by atoms with Gasteiger partial charge in [0, 0.05) is 55.6 Å². The molecule has 3 heterocycles. The number of nitrogens with one attached hydrogen (secondary N) is 1. The summed E-state index contributed by atoms with van der Waals surface area (Å²) in [5, 5.41) is 3.87. The van der Waals surface area contributed by atoms with Gasteiger partial charge in [0.2, 0.25) is 0 Å². The van der Waals surface area contributed by atoms with Gasteiger partial charge in [-0.3, -0.25) is 14.8 Å². The monoisotopic (exact) mass is 429 g/mol. The van der Waals surface area contributed by atoms with Crippen molar-refractivity contribution in [3.63, 3.8) is 0 Å². The van der Waals surface area contributed by atoms with E-state index in [1.807, 2.05) is 6.07 Å². The highest BCUT2D eigenvalue weighted by molar-refractivity contribution is 6.33. The molecule has 0 unspecified atom stereocenters. The molecule has 30 heavy (non-hydrogen) atoms. The van der Waals surface area contributed by atoms with Gasteiger partial charge in [0.05, 0.1) is 23.1 Å². The van der Waals surface area contributed by atoms with Crippen LogP contribution in [0.3, 0.4) is 0 Å². The van der Waals surface area contributed by atoms with Crippen LogP contribution in [0.25, 0.3) is 11.3 Å². The van der Waals surface area contributed by atoms with E-state index >= 15 is 0 Å². The van der Waals surface area contributed by atoms with Gasteiger partial charge in [-0.2, -0.15) is 0 Å². The van der Waals surface area contributed by atoms with E-state index in [2.05, 4.69) is 20.3 Å². The summed E-state index contributed by atoms with van der Waals surface area (Å²) in [6.07, 6.45) is 9.94. The maximum Gasteiger partial charge on any atom is 0.145 e. The number of hydrogen-bond acceptors (Lipinski definition) is 7. The number of ketones is 1.